The van der Waals surface area contributed by atoms with E-state index in [-0.39, 0.29) is 6.61 Å². The Morgan fingerprint density at radius 3 is 2.76 bits per heavy atom. The highest BCUT2D eigenvalue weighted by Crippen LogP contribution is 2.32. The van der Waals surface area contributed by atoms with Crippen molar-refractivity contribution in [2.75, 3.05) is 6.61 Å². The average molecular weight is 349 g/mol. The number of carbonyl (C=O) groups is 1. The molecule has 5 heteroatoms. The number of benzene rings is 2. The van der Waals surface area contributed by atoms with Gasteiger partial charge in [-0.1, -0.05) is 18.2 Å². The minimum atomic E-state index is -0.770. The van der Waals surface area contributed by atoms with E-state index in [1.54, 1.807) is 18.2 Å². The van der Waals surface area contributed by atoms with E-state index in [4.69, 9.17) is 14.2 Å². The predicted molar refractivity (Wildman–Crippen MR) is 80.9 cm³/mol. The van der Waals surface area contributed by atoms with Crippen LogP contribution in [-0.2, 0) is 4.79 Å². The molecule has 0 spiro atoms. The summed E-state index contributed by atoms with van der Waals surface area (Å²) in [6.45, 7) is 2.10. The van der Waals surface area contributed by atoms with Crippen LogP contribution in [0.1, 0.15) is 5.56 Å². The summed E-state index contributed by atoms with van der Waals surface area (Å²) in [5.74, 6) is 1.17. The Morgan fingerprint density at radius 1 is 1.24 bits per heavy atom. The Labute approximate surface area is 130 Å². The highest BCUT2D eigenvalue weighted by atomic mass is 79.9. The van der Waals surface area contributed by atoms with Gasteiger partial charge >= 0.3 is 5.97 Å². The molecule has 0 unspecified atom stereocenters. The molecule has 0 saturated carbocycles. The molecule has 21 heavy (non-hydrogen) atoms. The highest BCUT2D eigenvalue weighted by Gasteiger charge is 2.29. The van der Waals surface area contributed by atoms with Gasteiger partial charge in [0.15, 0.2) is 11.5 Å². The first kappa shape index (κ1) is 13.9. The van der Waals surface area contributed by atoms with Crippen LogP contribution in [0.4, 0.5) is 0 Å². The second-order valence-electron chi connectivity index (χ2n) is 4.72. The third kappa shape index (κ3) is 3.03. The summed E-state index contributed by atoms with van der Waals surface area (Å²) in [4.78, 5) is 12.2. The van der Waals surface area contributed by atoms with Crippen molar-refractivity contribution >= 4 is 21.9 Å². The molecule has 1 aliphatic heterocycles. The van der Waals surface area contributed by atoms with Crippen LogP contribution >= 0.6 is 15.9 Å². The van der Waals surface area contributed by atoms with Gasteiger partial charge in [0.05, 0.1) is 4.47 Å². The molecule has 0 radical (unpaired) electrons. The number of aryl methyl sites for hydroxylation is 1. The summed E-state index contributed by atoms with van der Waals surface area (Å²) in [6, 6.07) is 12.7. The van der Waals surface area contributed by atoms with E-state index >= 15 is 0 Å². The average Bonchev–Trinajstić information content (AvgIpc) is 2.49. The zero-order valence-corrected chi connectivity index (χ0v) is 12.9. The molecule has 4 nitrogen and oxygen atoms in total. The first-order valence-corrected chi connectivity index (χ1v) is 7.29. The maximum Gasteiger partial charge on any atom is 0.356 e. The summed E-state index contributed by atoms with van der Waals surface area (Å²) in [5, 5.41) is 0. The molecule has 1 atom stereocenters. The Balaban J connectivity index is 1.72. The molecule has 0 bridgehead atoms. The zero-order valence-electron chi connectivity index (χ0n) is 11.3. The fourth-order valence-electron chi connectivity index (χ4n) is 2.00. The Morgan fingerprint density at radius 2 is 2.00 bits per heavy atom. The van der Waals surface area contributed by atoms with Gasteiger partial charge in [-0.05, 0) is 52.7 Å². The van der Waals surface area contributed by atoms with Gasteiger partial charge in [-0.15, -0.1) is 0 Å². The van der Waals surface area contributed by atoms with E-state index in [1.807, 2.05) is 31.2 Å². The molecule has 0 amide bonds. The van der Waals surface area contributed by atoms with E-state index < -0.39 is 12.1 Å². The van der Waals surface area contributed by atoms with E-state index in [9.17, 15) is 4.79 Å². The maximum absolute atomic E-state index is 12.2. The van der Waals surface area contributed by atoms with Gasteiger partial charge < -0.3 is 14.2 Å². The number of fused-ring (bicyclic) bond motifs is 1. The lowest BCUT2D eigenvalue weighted by molar-refractivity contribution is -0.144. The molecule has 3 rings (SSSR count). The van der Waals surface area contributed by atoms with E-state index in [0.29, 0.717) is 17.2 Å². The van der Waals surface area contributed by atoms with E-state index in [0.717, 1.165) is 10.0 Å². The number of rotatable bonds is 2. The van der Waals surface area contributed by atoms with Gasteiger partial charge in [-0.2, -0.15) is 0 Å². The fraction of sp³-hybridized carbons (Fsp3) is 0.188. The van der Waals surface area contributed by atoms with Crippen molar-refractivity contribution in [3.63, 3.8) is 0 Å². The molecule has 0 fully saturated rings. The standard InChI is InChI=1S/C16H13BrO4/c1-10-6-7-12(11(17)8-10)21-16(18)15-9-19-13-4-2-3-5-14(13)20-15/h2-8,15H,9H2,1H3/t15-/m1/s1. The van der Waals surface area contributed by atoms with Crippen molar-refractivity contribution < 1.29 is 19.0 Å². The molecule has 108 valence electrons. The van der Waals surface area contributed by atoms with Crippen LogP contribution in [0.5, 0.6) is 17.2 Å². The predicted octanol–water partition coefficient (Wildman–Crippen LogP) is 3.50. The lowest BCUT2D eigenvalue weighted by Gasteiger charge is -2.25. The van der Waals surface area contributed by atoms with Crippen LogP contribution in [0.3, 0.4) is 0 Å². The van der Waals surface area contributed by atoms with Gasteiger partial charge in [-0.3, -0.25) is 0 Å². The van der Waals surface area contributed by atoms with Crippen molar-refractivity contribution in [3.8, 4) is 17.2 Å². The number of hydrogen-bond acceptors (Lipinski definition) is 4. The largest absolute Gasteiger partial charge is 0.485 e. The van der Waals surface area contributed by atoms with Crippen LogP contribution in [-0.4, -0.2) is 18.7 Å². The van der Waals surface area contributed by atoms with Crippen molar-refractivity contribution in [2.24, 2.45) is 0 Å². The van der Waals surface area contributed by atoms with Crippen LogP contribution in [0.25, 0.3) is 0 Å². The van der Waals surface area contributed by atoms with Crippen molar-refractivity contribution in [1.82, 2.24) is 0 Å². The Hall–Kier alpha value is -2.01. The highest BCUT2D eigenvalue weighted by molar-refractivity contribution is 9.10. The van der Waals surface area contributed by atoms with E-state index in [2.05, 4.69) is 15.9 Å². The molecule has 1 heterocycles. The van der Waals surface area contributed by atoms with Crippen LogP contribution in [0, 0.1) is 6.92 Å². The second-order valence-corrected chi connectivity index (χ2v) is 5.57. The van der Waals surface area contributed by atoms with Gasteiger partial charge in [-0.25, -0.2) is 4.79 Å². The number of carbonyl (C=O) groups excluding carboxylic acids is 1. The first-order chi connectivity index (χ1) is 10.1. The zero-order chi connectivity index (χ0) is 14.8. The number of esters is 1. The fourth-order valence-corrected chi connectivity index (χ4v) is 2.57. The topological polar surface area (TPSA) is 44.8 Å². The van der Waals surface area contributed by atoms with Gasteiger partial charge in [0.25, 0.3) is 0 Å². The molecular formula is C16H13BrO4. The van der Waals surface area contributed by atoms with Gasteiger partial charge in [0.1, 0.15) is 12.4 Å². The number of hydrogen-bond donors (Lipinski definition) is 0. The molecule has 2 aromatic rings. The van der Waals surface area contributed by atoms with E-state index in [1.165, 1.54) is 0 Å². The minimum absolute atomic E-state index is 0.138. The first-order valence-electron chi connectivity index (χ1n) is 6.50. The van der Waals surface area contributed by atoms with Crippen LogP contribution < -0.4 is 14.2 Å². The minimum Gasteiger partial charge on any atom is -0.485 e. The van der Waals surface area contributed by atoms with Gasteiger partial charge in [0, 0.05) is 0 Å². The van der Waals surface area contributed by atoms with Crippen molar-refractivity contribution in [2.45, 2.75) is 13.0 Å². The van der Waals surface area contributed by atoms with Crippen LogP contribution in [0.2, 0.25) is 0 Å². The summed E-state index contributed by atoms with van der Waals surface area (Å²) in [5.41, 5.74) is 1.08. The molecule has 2 aromatic carbocycles. The second kappa shape index (κ2) is 5.77. The number of halogens is 1. The summed E-state index contributed by atoms with van der Waals surface area (Å²) in [7, 11) is 0. The Kier molecular flexibility index (Phi) is 3.84. The third-order valence-electron chi connectivity index (χ3n) is 3.07. The third-order valence-corrected chi connectivity index (χ3v) is 3.69. The summed E-state index contributed by atoms with van der Waals surface area (Å²) in [6.07, 6.45) is -0.770. The number of ether oxygens (including phenoxy) is 3. The lowest BCUT2D eigenvalue weighted by atomic mass is 10.2. The normalized spacial score (nSPS) is 16.4. The van der Waals surface area contributed by atoms with Crippen molar-refractivity contribution in [1.29, 1.82) is 0 Å². The molecule has 0 saturated heterocycles. The SMILES string of the molecule is Cc1ccc(OC(=O)[C@H]2COc3ccccc3O2)c(Br)c1. The Bertz CT molecular complexity index is 684. The smallest absolute Gasteiger partial charge is 0.356 e. The quantitative estimate of drug-likeness (QED) is 0.615. The van der Waals surface area contributed by atoms with Gasteiger partial charge in [0.2, 0.25) is 6.10 Å². The lowest BCUT2D eigenvalue weighted by Crippen LogP contribution is -2.39. The monoisotopic (exact) mass is 348 g/mol. The maximum atomic E-state index is 12.2. The molecule has 0 aromatic heterocycles. The number of para-hydroxylation sites is 2. The van der Waals surface area contributed by atoms with Crippen LogP contribution in [0.15, 0.2) is 46.9 Å². The molecular weight excluding hydrogens is 336 g/mol. The summed E-state index contributed by atoms with van der Waals surface area (Å²) < 4.78 is 17.2. The molecule has 1 aliphatic rings. The van der Waals surface area contributed by atoms with Crippen molar-refractivity contribution in [3.05, 3.63) is 52.5 Å². The molecule has 0 aliphatic carbocycles. The summed E-state index contributed by atoms with van der Waals surface area (Å²) >= 11 is 3.38. The molecule has 0 N–H and O–H groups in total.